The first-order chi connectivity index (χ1) is 8.88. The van der Waals surface area contributed by atoms with Gasteiger partial charge in [-0.15, -0.1) is 11.8 Å². The number of rotatable bonds is 5. The Kier molecular flexibility index (Phi) is 6.17. The quantitative estimate of drug-likeness (QED) is 0.843. The fourth-order valence-electron chi connectivity index (χ4n) is 2.62. The molecule has 5 heteroatoms. The number of carboxylic acids is 1. The number of hydrogen-bond acceptors (Lipinski definition) is 3. The van der Waals surface area contributed by atoms with Gasteiger partial charge < -0.3 is 10.0 Å². The average Bonchev–Trinajstić information content (AvgIpc) is 2.34. The Hall–Kier alpha value is -0.710. The molecule has 1 rings (SSSR count). The van der Waals surface area contributed by atoms with Crippen LogP contribution >= 0.6 is 11.8 Å². The van der Waals surface area contributed by atoms with E-state index in [0.717, 1.165) is 5.75 Å². The molecule has 4 nitrogen and oxygen atoms in total. The second-order valence-corrected chi connectivity index (χ2v) is 7.03. The molecular weight excluding hydrogens is 262 g/mol. The number of hydrogen-bond donors (Lipinski definition) is 1. The SMILES string of the molecule is CCSC(C(=O)N1CCC(C(=O)O)C(C)C1)C(C)C. The molecule has 110 valence electrons. The summed E-state index contributed by atoms with van der Waals surface area (Å²) in [6, 6.07) is 0. The summed E-state index contributed by atoms with van der Waals surface area (Å²) in [5.41, 5.74) is 0. The van der Waals surface area contributed by atoms with Crippen LogP contribution in [-0.2, 0) is 9.59 Å². The predicted molar refractivity (Wildman–Crippen MR) is 78.2 cm³/mol. The van der Waals surface area contributed by atoms with E-state index < -0.39 is 5.97 Å². The summed E-state index contributed by atoms with van der Waals surface area (Å²) in [6.07, 6.45) is 0.573. The highest BCUT2D eigenvalue weighted by atomic mass is 32.2. The summed E-state index contributed by atoms with van der Waals surface area (Å²) in [5.74, 6) is 0.413. The number of piperidine rings is 1. The van der Waals surface area contributed by atoms with Crippen LogP contribution in [0.4, 0.5) is 0 Å². The van der Waals surface area contributed by atoms with Gasteiger partial charge in [-0.25, -0.2) is 0 Å². The minimum atomic E-state index is -0.733. The lowest BCUT2D eigenvalue weighted by molar-refractivity contribution is -0.148. The number of carbonyl (C=O) groups excluding carboxylic acids is 1. The van der Waals surface area contributed by atoms with Crippen LogP contribution in [0.15, 0.2) is 0 Å². The molecule has 0 radical (unpaired) electrons. The number of amides is 1. The van der Waals surface area contributed by atoms with Crippen molar-refractivity contribution in [2.45, 2.75) is 39.4 Å². The van der Waals surface area contributed by atoms with Gasteiger partial charge >= 0.3 is 5.97 Å². The number of thioether (sulfide) groups is 1. The normalized spacial score (nSPS) is 25.4. The van der Waals surface area contributed by atoms with Crippen LogP contribution < -0.4 is 0 Å². The minimum Gasteiger partial charge on any atom is -0.481 e. The summed E-state index contributed by atoms with van der Waals surface area (Å²) in [5, 5.41) is 9.11. The molecule has 3 unspecified atom stereocenters. The highest BCUT2D eigenvalue weighted by Gasteiger charge is 2.35. The second-order valence-electron chi connectivity index (χ2n) is 5.61. The van der Waals surface area contributed by atoms with Gasteiger partial charge in [-0.2, -0.15) is 0 Å². The topological polar surface area (TPSA) is 57.6 Å². The molecule has 1 heterocycles. The van der Waals surface area contributed by atoms with Gasteiger partial charge in [0.25, 0.3) is 0 Å². The monoisotopic (exact) mass is 287 g/mol. The van der Waals surface area contributed by atoms with Gasteiger partial charge in [0, 0.05) is 13.1 Å². The maximum absolute atomic E-state index is 12.5. The van der Waals surface area contributed by atoms with Crippen LogP contribution in [0.5, 0.6) is 0 Å². The van der Waals surface area contributed by atoms with E-state index in [1.807, 2.05) is 11.8 Å². The van der Waals surface area contributed by atoms with E-state index in [9.17, 15) is 9.59 Å². The van der Waals surface area contributed by atoms with E-state index in [4.69, 9.17) is 5.11 Å². The molecule has 0 aliphatic carbocycles. The molecule has 19 heavy (non-hydrogen) atoms. The smallest absolute Gasteiger partial charge is 0.306 e. The lowest BCUT2D eigenvalue weighted by atomic mass is 9.86. The molecule has 0 spiro atoms. The van der Waals surface area contributed by atoms with E-state index in [1.165, 1.54) is 0 Å². The van der Waals surface area contributed by atoms with Crippen molar-refractivity contribution < 1.29 is 14.7 Å². The van der Waals surface area contributed by atoms with Crippen LogP contribution in [-0.4, -0.2) is 46.0 Å². The minimum absolute atomic E-state index is 0.00132. The average molecular weight is 287 g/mol. The number of carboxylic acid groups (broad SMARTS) is 1. The molecule has 1 N–H and O–H groups in total. The highest BCUT2D eigenvalue weighted by Crippen LogP contribution is 2.27. The number of aliphatic carboxylic acids is 1. The first kappa shape index (κ1) is 16.3. The van der Waals surface area contributed by atoms with Crippen LogP contribution in [0.3, 0.4) is 0 Å². The van der Waals surface area contributed by atoms with Crippen molar-refractivity contribution in [3.8, 4) is 0 Å². The number of likely N-dealkylation sites (tertiary alicyclic amines) is 1. The zero-order chi connectivity index (χ0) is 14.6. The largest absolute Gasteiger partial charge is 0.481 e. The summed E-state index contributed by atoms with van der Waals surface area (Å²) in [6.45, 7) is 9.27. The molecule has 1 aliphatic heterocycles. The summed E-state index contributed by atoms with van der Waals surface area (Å²) in [7, 11) is 0. The Balaban J connectivity index is 2.66. The molecule has 0 aromatic carbocycles. The molecular formula is C14H25NO3S. The molecule has 0 aromatic rings. The van der Waals surface area contributed by atoms with Gasteiger partial charge in [0.1, 0.15) is 0 Å². The maximum Gasteiger partial charge on any atom is 0.306 e. The molecule has 3 atom stereocenters. The summed E-state index contributed by atoms with van der Waals surface area (Å²) >= 11 is 1.69. The van der Waals surface area contributed by atoms with Crippen LogP contribution in [0.2, 0.25) is 0 Å². The fraction of sp³-hybridized carbons (Fsp3) is 0.857. The third-order valence-electron chi connectivity index (χ3n) is 3.73. The van der Waals surface area contributed by atoms with Gasteiger partial charge in [-0.1, -0.05) is 27.7 Å². The fourth-order valence-corrected chi connectivity index (χ4v) is 3.66. The van der Waals surface area contributed by atoms with Crippen molar-refractivity contribution in [1.82, 2.24) is 4.90 Å². The van der Waals surface area contributed by atoms with E-state index in [-0.39, 0.29) is 23.0 Å². The standard InChI is InChI=1S/C14H25NO3S/c1-5-19-12(9(2)3)13(16)15-7-6-11(14(17)18)10(4)8-15/h9-12H,5-8H2,1-4H3,(H,17,18). The van der Waals surface area contributed by atoms with Gasteiger partial charge in [0.2, 0.25) is 5.91 Å². The van der Waals surface area contributed by atoms with Crippen LogP contribution in [0.25, 0.3) is 0 Å². The second kappa shape index (κ2) is 7.17. The van der Waals surface area contributed by atoms with E-state index in [1.54, 1.807) is 11.8 Å². The Morgan fingerprint density at radius 3 is 2.47 bits per heavy atom. The Bertz CT molecular complexity index is 333. The van der Waals surface area contributed by atoms with Gasteiger partial charge in [-0.05, 0) is 24.0 Å². The molecule has 1 amide bonds. The predicted octanol–water partition coefficient (Wildman–Crippen LogP) is 2.33. The van der Waals surface area contributed by atoms with Crippen molar-refractivity contribution in [1.29, 1.82) is 0 Å². The molecule has 1 saturated heterocycles. The Labute approximate surface area is 119 Å². The third kappa shape index (κ3) is 4.13. The van der Waals surface area contributed by atoms with Crippen molar-refractivity contribution in [3.63, 3.8) is 0 Å². The highest BCUT2D eigenvalue weighted by molar-refractivity contribution is 8.00. The molecule has 1 fully saturated rings. The van der Waals surface area contributed by atoms with Gasteiger partial charge in [0.05, 0.1) is 11.2 Å². The lowest BCUT2D eigenvalue weighted by Crippen LogP contribution is -2.48. The maximum atomic E-state index is 12.5. The Morgan fingerprint density at radius 2 is 2.05 bits per heavy atom. The zero-order valence-corrected chi connectivity index (χ0v) is 13.1. The number of carbonyl (C=O) groups is 2. The van der Waals surface area contributed by atoms with E-state index in [0.29, 0.717) is 25.4 Å². The Morgan fingerprint density at radius 1 is 1.42 bits per heavy atom. The molecule has 0 bridgehead atoms. The summed E-state index contributed by atoms with van der Waals surface area (Å²) < 4.78 is 0. The first-order valence-electron chi connectivity index (χ1n) is 7.01. The first-order valence-corrected chi connectivity index (χ1v) is 8.06. The van der Waals surface area contributed by atoms with Crippen molar-refractivity contribution in [2.75, 3.05) is 18.8 Å². The third-order valence-corrected chi connectivity index (χ3v) is 5.17. The van der Waals surface area contributed by atoms with Crippen molar-refractivity contribution in [2.24, 2.45) is 17.8 Å². The van der Waals surface area contributed by atoms with Crippen molar-refractivity contribution in [3.05, 3.63) is 0 Å². The van der Waals surface area contributed by atoms with Crippen LogP contribution in [0, 0.1) is 17.8 Å². The van der Waals surface area contributed by atoms with Gasteiger partial charge in [-0.3, -0.25) is 9.59 Å². The van der Waals surface area contributed by atoms with E-state index in [2.05, 4.69) is 20.8 Å². The zero-order valence-electron chi connectivity index (χ0n) is 12.3. The molecule has 1 aliphatic rings. The van der Waals surface area contributed by atoms with Crippen LogP contribution in [0.1, 0.15) is 34.1 Å². The van der Waals surface area contributed by atoms with E-state index >= 15 is 0 Å². The summed E-state index contributed by atoms with van der Waals surface area (Å²) in [4.78, 5) is 25.4. The molecule has 0 saturated carbocycles. The molecule has 0 aromatic heterocycles. The van der Waals surface area contributed by atoms with Crippen molar-refractivity contribution >= 4 is 23.6 Å². The lowest BCUT2D eigenvalue weighted by Gasteiger charge is -2.37. The van der Waals surface area contributed by atoms with Gasteiger partial charge in [0.15, 0.2) is 0 Å². The number of nitrogens with zero attached hydrogens (tertiary/aromatic N) is 1.